The van der Waals surface area contributed by atoms with Gasteiger partial charge in [-0.05, 0) is 32.0 Å². The molecule has 3 N–H and O–H groups in total. The molecule has 0 saturated carbocycles. The Hall–Kier alpha value is -1.55. The van der Waals surface area contributed by atoms with Gasteiger partial charge >= 0.3 is 12.0 Å². The van der Waals surface area contributed by atoms with Crippen LogP contribution in [0, 0.1) is 54.2 Å². The van der Waals surface area contributed by atoms with Crippen LogP contribution in [0.3, 0.4) is 0 Å². The standard InChI is InChI=1S/C13H14N2O4.CH3OS.CH3.Fm.Nd/c1-13(2,18)7-19-12-14-6-9-5-8(11(16)17)3-4-10(9)15-12;2-1-3;;;/h3-6,18H,7H2,1-2H3,(H,16,17);1-3H;1H3;;/q;2*-1;;. The van der Waals surface area contributed by atoms with Crippen LogP contribution in [0.2, 0.25) is 0 Å². The van der Waals surface area contributed by atoms with Crippen molar-refractivity contribution in [3.8, 4) is 6.01 Å². The van der Waals surface area contributed by atoms with Gasteiger partial charge in [-0.3, -0.25) is 0 Å². The van der Waals surface area contributed by atoms with Crippen molar-refractivity contribution >= 4 is 29.5 Å². The first-order valence-corrected chi connectivity index (χ1v) is 6.74. The number of rotatable bonds is 4. The number of nitrogens with zero attached hydrogens (tertiary/aromatic N) is 2. The first-order chi connectivity index (χ1) is 10.3. The maximum Gasteiger partial charge on any atom is 0.335 e. The molecular weight excluding hydrogens is 721 g/mol. The zero-order valence-electron chi connectivity index (χ0n) is 13.9. The van der Waals surface area contributed by atoms with Crippen LogP contribution in [0.1, 0.15) is 24.2 Å². The maximum absolute atomic E-state index is 10.8. The van der Waals surface area contributed by atoms with E-state index in [0.29, 0.717) is 16.8 Å². The number of fused-ring (bicyclic) bond motifs is 1. The average molecular weight is 742 g/mol. The number of aliphatic hydroxyl groups is 2. The molecule has 2 aromatic rings. The number of carbonyl (C=O) groups is 1. The molecule has 0 aliphatic rings. The van der Waals surface area contributed by atoms with Crippen molar-refractivity contribution in [3.63, 3.8) is 0 Å². The summed E-state index contributed by atoms with van der Waals surface area (Å²) in [6, 6.07) is 4.71. The van der Waals surface area contributed by atoms with Gasteiger partial charge in [0.15, 0.2) is 0 Å². The Kier molecular flexibility index (Phi) is 14.4. The van der Waals surface area contributed by atoms with Crippen LogP contribution in [0.25, 0.3) is 10.9 Å². The number of hydrogen-bond donors (Lipinski definition) is 4. The summed E-state index contributed by atoms with van der Waals surface area (Å²) < 4.78 is 5.27. The number of aromatic carboxylic acids is 1. The van der Waals surface area contributed by atoms with Crippen molar-refractivity contribution in [2.24, 2.45) is 0 Å². The van der Waals surface area contributed by atoms with E-state index in [1.165, 1.54) is 18.3 Å². The Balaban J connectivity index is -0.000000753. The molecule has 7 nitrogen and oxygen atoms in total. The molecule has 0 atom stereocenters. The Bertz CT molecular complexity index is 655. The van der Waals surface area contributed by atoms with Crippen molar-refractivity contribution in [1.82, 2.24) is 9.97 Å². The average Bonchev–Trinajstić information content (AvgIpc) is 2.44. The van der Waals surface area contributed by atoms with Gasteiger partial charge in [-0.25, -0.2) is 9.78 Å². The van der Waals surface area contributed by atoms with Gasteiger partial charge in [-0.2, -0.15) is 10.9 Å². The quantitative estimate of drug-likeness (QED) is 0.282. The number of carboxylic acids is 1. The van der Waals surface area contributed by atoms with Crippen molar-refractivity contribution in [2.75, 3.05) is 6.61 Å². The smallest absolute Gasteiger partial charge is 0.335 e. The summed E-state index contributed by atoms with van der Waals surface area (Å²) in [6.07, 6.45) is 1.49. The summed E-state index contributed by atoms with van der Waals surface area (Å²) in [7, 11) is 0. The third kappa shape index (κ3) is 10.1. The Labute approximate surface area is 179 Å². The van der Waals surface area contributed by atoms with E-state index in [1.807, 2.05) is 0 Å². The van der Waals surface area contributed by atoms with Crippen molar-refractivity contribution in [1.29, 1.82) is 0 Å². The molecule has 0 spiro atoms. The van der Waals surface area contributed by atoms with E-state index in [-0.39, 0.29) is 66.4 Å². The van der Waals surface area contributed by atoms with E-state index in [0.717, 1.165) is 0 Å². The maximum atomic E-state index is 10.8. The number of thiol groups is 1. The summed E-state index contributed by atoms with van der Waals surface area (Å²) in [4.78, 5) is 18.9. The van der Waals surface area contributed by atoms with Gasteiger partial charge in [0.05, 0.1) is 16.7 Å². The summed E-state index contributed by atoms with van der Waals surface area (Å²) >= 11 is 3.22. The van der Waals surface area contributed by atoms with Crippen LogP contribution in [0.4, 0.5) is 0 Å². The van der Waals surface area contributed by atoms with E-state index in [2.05, 4.69) is 22.6 Å². The van der Waals surface area contributed by atoms with Gasteiger partial charge in [0, 0.05) is 52.4 Å². The van der Waals surface area contributed by atoms with Crippen LogP contribution >= 0.6 is 12.6 Å². The van der Waals surface area contributed by atoms with Crippen LogP contribution in [0.15, 0.2) is 24.4 Å². The summed E-state index contributed by atoms with van der Waals surface area (Å²) in [5.41, 5.74) is -0.196. The molecule has 1 heterocycles. The molecule has 144 valence electrons. The molecular formula is C15H20FmN2NdO5S-2. The van der Waals surface area contributed by atoms with Gasteiger partial charge in [-0.15, -0.1) is 0 Å². The molecule has 0 saturated heterocycles. The zero-order chi connectivity index (χ0) is 16.8. The molecule has 1 aromatic carbocycles. The van der Waals surface area contributed by atoms with Crippen LogP contribution in [0.5, 0.6) is 6.01 Å². The second-order valence-corrected chi connectivity index (χ2v) is 5.18. The van der Waals surface area contributed by atoms with E-state index in [4.69, 9.17) is 14.9 Å². The number of carboxylic acid groups (broad SMARTS) is 1. The molecule has 0 aliphatic heterocycles. The Morgan fingerprint density at radius 3 is 2.44 bits per heavy atom. The molecule has 0 unspecified atom stereocenters. The first kappa shape index (κ1) is 28.3. The second-order valence-electron chi connectivity index (χ2n) is 4.95. The van der Waals surface area contributed by atoms with E-state index < -0.39 is 11.6 Å². The topological polar surface area (TPSA) is 113 Å². The van der Waals surface area contributed by atoms with Crippen molar-refractivity contribution in [3.05, 3.63) is 43.3 Å². The van der Waals surface area contributed by atoms with Crippen molar-refractivity contribution in [2.45, 2.75) is 19.4 Å². The van der Waals surface area contributed by atoms with E-state index in [1.54, 1.807) is 19.9 Å². The monoisotopic (exact) mass is 739 g/mol. The van der Waals surface area contributed by atoms with Gasteiger partial charge < -0.3 is 40.1 Å². The minimum absolute atomic E-state index is 0. The van der Waals surface area contributed by atoms with Gasteiger partial charge in [0.25, 0.3) is 0 Å². The largest absolute Gasteiger partial charge is 0.556 e. The number of aliphatic hydroxyl groups excluding tert-OH is 1. The zero-order valence-corrected chi connectivity index (χ0v) is 20.4. The summed E-state index contributed by atoms with van der Waals surface area (Å²) in [5, 5.41) is 26.4. The third-order valence-corrected chi connectivity index (χ3v) is 2.36. The van der Waals surface area contributed by atoms with Crippen LogP contribution < -0.4 is 4.74 Å². The molecule has 0 bridgehead atoms. The Morgan fingerprint density at radius 2 is 1.96 bits per heavy atom. The Morgan fingerprint density at radius 1 is 1.40 bits per heavy atom. The van der Waals surface area contributed by atoms with Gasteiger partial charge in [0.2, 0.25) is 0 Å². The van der Waals surface area contributed by atoms with Crippen molar-refractivity contribution < 1.29 is 65.7 Å². The summed E-state index contributed by atoms with van der Waals surface area (Å²) in [6.45, 7) is 3.31. The first-order valence-electron chi connectivity index (χ1n) is 6.22. The number of hydrogen-bond acceptors (Lipinski definition) is 7. The van der Waals surface area contributed by atoms with Gasteiger partial charge in [0.1, 0.15) is 6.61 Å². The van der Waals surface area contributed by atoms with Crippen LogP contribution in [-0.2, 0) is 0 Å². The summed E-state index contributed by atoms with van der Waals surface area (Å²) in [5.74, 6) is -0.302. The minimum Gasteiger partial charge on any atom is -0.556 e. The van der Waals surface area contributed by atoms with Gasteiger partial charge in [-0.1, -0.05) is 0 Å². The third-order valence-electron chi connectivity index (χ3n) is 2.36. The molecule has 0 aliphatic carbocycles. The molecule has 0 amide bonds. The predicted octanol–water partition coefficient (Wildman–Crippen LogP) is 2.34. The predicted molar refractivity (Wildman–Crippen MR) is 89.9 cm³/mol. The fourth-order valence-corrected chi connectivity index (χ4v) is 1.46. The number of benzene rings is 1. The molecule has 2 rings (SSSR count). The fourth-order valence-electron chi connectivity index (χ4n) is 1.46. The number of aromatic nitrogens is 2. The van der Waals surface area contributed by atoms with Crippen LogP contribution in [-0.4, -0.2) is 43.5 Å². The molecule has 10 heteroatoms. The molecule has 0 fully saturated rings. The molecule has 1 aromatic heterocycles. The normalized spacial score (nSPS) is 9.48. The van der Waals surface area contributed by atoms with E-state index in [9.17, 15) is 9.90 Å². The number of ether oxygens (including phenoxy) is 1. The minimum atomic E-state index is -0.996. The SMILES string of the molecule is CC(C)(O)COc1ncc2cc(C(=O)O)ccc2n1.O[CH-]S.[CH3-].[Fm].[Nd]. The second kappa shape index (κ2) is 12.8. The molecule has 0 radical (unpaired) electrons. The van der Waals surface area contributed by atoms with E-state index >= 15 is 0 Å². The fraction of sp³-hybridized carbons (Fsp3) is 0.267. The molecule has 25 heavy (non-hydrogen) atoms.